The highest BCUT2D eigenvalue weighted by atomic mass is 32.2. The monoisotopic (exact) mass is 410 g/mol. The quantitative estimate of drug-likeness (QED) is 0.497. The Kier molecular flexibility index (Phi) is 7.03. The zero-order valence-corrected chi connectivity index (χ0v) is 15.3. The second-order valence-corrected chi connectivity index (χ2v) is 7.81. The Balaban J connectivity index is 1.77. The molecule has 0 saturated carbocycles. The molecule has 1 aromatic carbocycles. The van der Waals surface area contributed by atoms with Crippen molar-refractivity contribution >= 4 is 15.9 Å². The predicted molar refractivity (Wildman–Crippen MR) is 90.0 cm³/mol. The maximum absolute atomic E-state index is 12.1. The van der Waals surface area contributed by atoms with E-state index in [0.29, 0.717) is 6.54 Å². The maximum atomic E-state index is 12.1. The molecule has 0 aliphatic carbocycles. The van der Waals surface area contributed by atoms with Crippen molar-refractivity contribution in [1.82, 2.24) is 20.9 Å². The van der Waals surface area contributed by atoms with Crippen molar-refractivity contribution in [1.29, 1.82) is 0 Å². The molecule has 0 aromatic heterocycles. The molecule has 1 aliphatic heterocycles. The average molecular weight is 410 g/mol. The standard InChI is InChI=1S/C15H21F3N4O4S/c1-10-11(9-20-22-10)8-19-14(23)6-7-21-27(24,25)13-4-2-12(3-5-13)26-15(16,17)18/h2-5,10-11,20-22H,6-9H2,1H3,(H,19,23). The summed E-state index contributed by atoms with van der Waals surface area (Å²) in [6.45, 7) is 3.04. The van der Waals surface area contributed by atoms with Crippen LogP contribution >= 0.6 is 0 Å². The van der Waals surface area contributed by atoms with Gasteiger partial charge in [-0.25, -0.2) is 13.1 Å². The highest BCUT2D eigenvalue weighted by Gasteiger charge is 2.31. The molecule has 0 spiro atoms. The first-order valence-corrected chi connectivity index (χ1v) is 9.66. The third kappa shape index (κ3) is 6.97. The maximum Gasteiger partial charge on any atom is 0.573 e. The number of hydrazine groups is 1. The number of hydrogen-bond acceptors (Lipinski definition) is 6. The van der Waals surface area contributed by atoms with E-state index in [9.17, 15) is 26.4 Å². The van der Waals surface area contributed by atoms with Crippen molar-refractivity contribution in [3.05, 3.63) is 24.3 Å². The van der Waals surface area contributed by atoms with Crippen LogP contribution < -0.4 is 25.6 Å². The average Bonchev–Trinajstić information content (AvgIpc) is 2.97. The van der Waals surface area contributed by atoms with Crippen LogP contribution in [0.2, 0.25) is 0 Å². The van der Waals surface area contributed by atoms with E-state index in [1.165, 1.54) is 0 Å². The largest absolute Gasteiger partial charge is 0.573 e. The molecule has 27 heavy (non-hydrogen) atoms. The first-order chi connectivity index (χ1) is 12.6. The van der Waals surface area contributed by atoms with Crippen LogP contribution in [0.4, 0.5) is 13.2 Å². The lowest BCUT2D eigenvalue weighted by Gasteiger charge is -2.14. The number of sulfonamides is 1. The van der Waals surface area contributed by atoms with Gasteiger partial charge in [-0.2, -0.15) is 0 Å². The Hall–Kier alpha value is -1.89. The summed E-state index contributed by atoms with van der Waals surface area (Å²) in [6, 6.07) is 4.00. The Labute approximate surface area is 154 Å². The van der Waals surface area contributed by atoms with E-state index in [-0.39, 0.29) is 35.7 Å². The first-order valence-electron chi connectivity index (χ1n) is 8.17. The molecule has 2 atom stereocenters. The molecular formula is C15H21F3N4O4S. The van der Waals surface area contributed by atoms with Crippen LogP contribution in [0.3, 0.4) is 0 Å². The molecule has 0 radical (unpaired) electrons. The van der Waals surface area contributed by atoms with Gasteiger partial charge in [-0.15, -0.1) is 13.2 Å². The minimum atomic E-state index is -4.85. The number of halogens is 3. The number of carbonyl (C=O) groups is 1. The van der Waals surface area contributed by atoms with Gasteiger partial charge in [-0.1, -0.05) is 0 Å². The predicted octanol–water partition coefficient (Wildman–Crippen LogP) is 0.482. The Bertz CT molecular complexity index is 740. The van der Waals surface area contributed by atoms with Crippen LogP contribution in [0.15, 0.2) is 29.2 Å². The number of ether oxygens (including phenoxy) is 1. The normalized spacial score (nSPS) is 20.4. The van der Waals surface area contributed by atoms with Gasteiger partial charge in [-0.05, 0) is 31.2 Å². The van der Waals surface area contributed by atoms with Crippen molar-refractivity contribution < 1.29 is 31.1 Å². The molecule has 1 fully saturated rings. The summed E-state index contributed by atoms with van der Waals surface area (Å²) in [5, 5.41) is 2.73. The van der Waals surface area contributed by atoms with E-state index >= 15 is 0 Å². The molecule has 8 nitrogen and oxygen atoms in total. The number of benzene rings is 1. The fourth-order valence-electron chi connectivity index (χ4n) is 2.43. The van der Waals surface area contributed by atoms with Crippen LogP contribution in [0.1, 0.15) is 13.3 Å². The second kappa shape index (κ2) is 8.87. The zero-order valence-electron chi connectivity index (χ0n) is 14.5. The lowest BCUT2D eigenvalue weighted by Crippen LogP contribution is -2.36. The number of carbonyl (C=O) groups excluding carboxylic acids is 1. The Morgan fingerprint density at radius 2 is 1.96 bits per heavy atom. The smallest absolute Gasteiger partial charge is 0.406 e. The van der Waals surface area contributed by atoms with Crippen molar-refractivity contribution in [2.45, 2.75) is 30.6 Å². The van der Waals surface area contributed by atoms with Crippen LogP contribution in [-0.4, -0.2) is 46.4 Å². The molecule has 1 amide bonds. The number of amides is 1. The van der Waals surface area contributed by atoms with Crippen molar-refractivity contribution in [3.8, 4) is 5.75 Å². The van der Waals surface area contributed by atoms with Gasteiger partial charge >= 0.3 is 6.36 Å². The topological polar surface area (TPSA) is 109 Å². The van der Waals surface area contributed by atoms with Gasteiger partial charge in [0.1, 0.15) is 5.75 Å². The summed E-state index contributed by atoms with van der Waals surface area (Å²) in [6.07, 6.45) is -4.91. The molecule has 1 aliphatic rings. The third-order valence-corrected chi connectivity index (χ3v) is 5.45. The van der Waals surface area contributed by atoms with E-state index in [1.807, 2.05) is 6.92 Å². The highest BCUT2D eigenvalue weighted by Crippen LogP contribution is 2.23. The number of nitrogens with one attached hydrogen (secondary N) is 4. The Morgan fingerprint density at radius 1 is 1.30 bits per heavy atom. The summed E-state index contributed by atoms with van der Waals surface area (Å²) in [7, 11) is -3.94. The third-order valence-electron chi connectivity index (χ3n) is 3.97. The van der Waals surface area contributed by atoms with Gasteiger partial charge < -0.3 is 10.1 Å². The molecule has 1 saturated heterocycles. The van der Waals surface area contributed by atoms with Crippen LogP contribution in [0, 0.1) is 5.92 Å². The molecule has 1 heterocycles. The molecule has 4 N–H and O–H groups in total. The zero-order chi connectivity index (χ0) is 20.1. The number of hydrogen-bond donors (Lipinski definition) is 4. The summed E-state index contributed by atoms with van der Waals surface area (Å²) in [5.41, 5.74) is 6.01. The highest BCUT2D eigenvalue weighted by molar-refractivity contribution is 7.89. The SMILES string of the molecule is CC1NNCC1CNC(=O)CCNS(=O)(=O)c1ccc(OC(F)(F)F)cc1. The molecule has 1 aromatic rings. The fraction of sp³-hybridized carbons (Fsp3) is 0.533. The van der Waals surface area contributed by atoms with Gasteiger partial charge in [0.2, 0.25) is 15.9 Å². The summed E-state index contributed by atoms with van der Waals surface area (Å²) >= 11 is 0. The van der Waals surface area contributed by atoms with E-state index in [4.69, 9.17) is 0 Å². The molecule has 2 unspecified atom stereocenters. The number of rotatable bonds is 8. The molecular weight excluding hydrogens is 389 g/mol. The summed E-state index contributed by atoms with van der Waals surface area (Å²) in [4.78, 5) is 11.6. The fourth-order valence-corrected chi connectivity index (χ4v) is 3.46. The van der Waals surface area contributed by atoms with Crippen molar-refractivity contribution in [2.75, 3.05) is 19.6 Å². The first kappa shape index (κ1) is 21.4. The van der Waals surface area contributed by atoms with Gasteiger partial charge in [0.15, 0.2) is 0 Å². The summed E-state index contributed by atoms with van der Waals surface area (Å²) in [5.74, 6) is -0.584. The lowest BCUT2D eigenvalue weighted by atomic mass is 10.0. The molecule has 0 bridgehead atoms. The van der Waals surface area contributed by atoms with Crippen LogP contribution in [0.25, 0.3) is 0 Å². The minimum Gasteiger partial charge on any atom is -0.406 e. The van der Waals surface area contributed by atoms with Crippen molar-refractivity contribution in [3.63, 3.8) is 0 Å². The van der Waals surface area contributed by atoms with E-state index in [0.717, 1.165) is 30.8 Å². The van der Waals surface area contributed by atoms with Gasteiger partial charge in [0, 0.05) is 38.0 Å². The van der Waals surface area contributed by atoms with Gasteiger partial charge in [0.25, 0.3) is 0 Å². The van der Waals surface area contributed by atoms with Gasteiger partial charge in [0.05, 0.1) is 4.90 Å². The van der Waals surface area contributed by atoms with Crippen molar-refractivity contribution in [2.24, 2.45) is 5.92 Å². The second-order valence-electron chi connectivity index (χ2n) is 6.05. The summed E-state index contributed by atoms with van der Waals surface area (Å²) < 4.78 is 66.4. The number of alkyl halides is 3. The molecule has 152 valence electrons. The van der Waals surface area contributed by atoms with Gasteiger partial charge in [-0.3, -0.25) is 15.6 Å². The molecule has 12 heteroatoms. The van der Waals surface area contributed by atoms with Crippen LogP contribution in [0.5, 0.6) is 5.75 Å². The van der Waals surface area contributed by atoms with E-state index in [1.54, 1.807) is 0 Å². The Morgan fingerprint density at radius 3 is 2.52 bits per heavy atom. The van der Waals surface area contributed by atoms with Crippen LogP contribution in [-0.2, 0) is 14.8 Å². The minimum absolute atomic E-state index is 0.0591. The molecule has 2 rings (SSSR count). The van der Waals surface area contributed by atoms with E-state index in [2.05, 4.69) is 25.6 Å². The lowest BCUT2D eigenvalue weighted by molar-refractivity contribution is -0.274. The van der Waals surface area contributed by atoms with E-state index < -0.39 is 22.1 Å².